The summed E-state index contributed by atoms with van der Waals surface area (Å²) in [6, 6.07) is 15.9. The maximum atomic E-state index is 15.4. The molecular weight excluding hydrogens is 1020 g/mol. The smallest absolute Gasteiger partial charge is 0.368 e. The van der Waals surface area contributed by atoms with E-state index in [9.17, 15) is 62.3 Å². The number of Topliss-reactive ketones (excluding diaryl/α,β-unsaturated/α-hetero) is 1. The number of carbonyl (C=O) groups excluding carboxylic acids is 2. The number of thiol groups is 1. The Hall–Kier alpha value is -7.45. The molecule has 0 spiro atoms. The highest BCUT2D eigenvalue weighted by Crippen LogP contribution is 2.31. The number of hydrogen-bond acceptors (Lipinski definition) is 5. The van der Waals surface area contributed by atoms with Crippen molar-refractivity contribution in [1.82, 2.24) is 4.98 Å². The topological polar surface area (TPSA) is 60.1 Å². The van der Waals surface area contributed by atoms with Crippen molar-refractivity contribution in [3.05, 3.63) is 201 Å². The third-order valence-electron chi connectivity index (χ3n) is 10.2. The van der Waals surface area contributed by atoms with Gasteiger partial charge in [-0.1, -0.05) is 42.5 Å². The maximum Gasteiger partial charge on any atom is 0.368 e. The Morgan fingerprint density at radius 3 is 1.11 bits per heavy atom. The van der Waals surface area contributed by atoms with Crippen molar-refractivity contribution in [2.75, 3.05) is 0 Å². The molecule has 6 aromatic carbocycles. The van der Waals surface area contributed by atoms with Gasteiger partial charge in [-0.05, 0) is 12.1 Å². The Balaban J connectivity index is 0.000000270. The van der Waals surface area contributed by atoms with E-state index in [1.165, 1.54) is 12.4 Å². The number of ether oxygens (including phenoxy) is 1. The van der Waals surface area contributed by atoms with Crippen molar-refractivity contribution in [2.24, 2.45) is 0 Å². The molecule has 0 atom stereocenters. The summed E-state index contributed by atoms with van der Waals surface area (Å²) in [6.45, 7) is 0.107. The molecule has 0 N–H and O–H groups in total. The van der Waals surface area contributed by atoms with Gasteiger partial charge in [0.05, 0.1) is 6.20 Å². The van der Waals surface area contributed by atoms with E-state index in [1.54, 1.807) is 47.2 Å². The quantitative estimate of drug-likeness (QED) is 0.0181. The summed E-state index contributed by atoms with van der Waals surface area (Å²) in [7, 11) is 0. The lowest BCUT2D eigenvalue weighted by Gasteiger charge is -2.44. The molecule has 0 radical (unpaired) electrons. The molecule has 0 bridgehead atoms. The van der Waals surface area contributed by atoms with Crippen molar-refractivity contribution < 1.29 is 107 Å². The maximum absolute atomic E-state index is 15.4. The molecular formula is C43H15BF20N2O3S. The zero-order chi connectivity index (χ0) is 52.0. The first-order valence-corrected chi connectivity index (χ1v) is 18.9. The summed E-state index contributed by atoms with van der Waals surface area (Å²) in [6.07, 6.45) is -2.64. The number of benzene rings is 6. The molecule has 0 saturated heterocycles. The highest BCUT2D eigenvalue weighted by Gasteiger charge is 2.52. The van der Waals surface area contributed by atoms with Crippen LogP contribution in [0.3, 0.4) is 0 Å². The van der Waals surface area contributed by atoms with Crippen LogP contribution in [0, 0.1) is 116 Å². The van der Waals surface area contributed by atoms with Crippen molar-refractivity contribution in [2.45, 2.75) is 11.4 Å². The molecule has 70 heavy (non-hydrogen) atoms. The van der Waals surface area contributed by atoms with Crippen LogP contribution in [0.2, 0.25) is 0 Å². The normalized spacial score (nSPS) is 11.4. The molecule has 1 heterocycles. The van der Waals surface area contributed by atoms with Crippen molar-refractivity contribution >= 4 is 52.4 Å². The molecule has 0 amide bonds. The zero-order valence-electron chi connectivity index (χ0n) is 33.3. The van der Waals surface area contributed by atoms with Crippen LogP contribution in [0.15, 0.2) is 78.1 Å². The molecule has 0 aliphatic heterocycles. The molecule has 1 aromatic heterocycles. The lowest BCUT2D eigenvalue weighted by Crippen LogP contribution is -2.81. The minimum absolute atomic E-state index is 0.0585. The molecule has 0 fully saturated rings. The standard InChI is InChI=1S/C24BF20.C19H14N2O3S/c26-5-1(6(27)14(35)21(42)13(5)34)25(2-7(28)15(36)22(43)16(37)8(2)29,3-9(30)17(38)23(44)18(39)10(3)31)4-11(32)19(40)24(45)20(41)12(4)33;22-16(14-6-2-1-3-7-14)13-21-11-10-20-15(12-21)19(23)24-17-8-4-5-9-18(17)25/h;1-12H,13H2/q-1;/p+1. The number of hydrogen-bond donors (Lipinski definition) is 1. The van der Waals surface area contributed by atoms with Crippen LogP contribution < -0.4 is 31.2 Å². The molecule has 0 aliphatic carbocycles. The van der Waals surface area contributed by atoms with Crippen LogP contribution in [0.5, 0.6) is 5.75 Å². The van der Waals surface area contributed by atoms with Gasteiger partial charge in [-0.2, -0.15) is 4.57 Å². The van der Waals surface area contributed by atoms with Gasteiger partial charge in [-0.3, -0.25) is 4.79 Å². The van der Waals surface area contributed by atoms with Crippen LogP contribution in [0.1, 0.15) is 20.8 Å². The summed E-state index contributed by atoms with van der Waals surface area (Å²) in [5, 5.41) is 0. The Kier molecular flexibility index (Phi) is 14.7. The second-order valence-corrected chi connectivity index (χ2v) is 14.5. The van der Waals surface area contributed by atoms with E-state index in [1.807, 2.05) is 18.2 Å². The Morgan fingerprint density at radius 2 is 0.771 bits per heavy atom. The van der Waals surface area contributed by atoms with E-state index in [0.29, 0.717) is 16.2 Å². The summed E-state index contributed by atoms with van der Waals surface area (Å²) in [5.74, 6) is -71.7. The number of rotatable bonds is 9. The van der Waals surface area contributed by atoms with Crippen LogP contribution in [-0.2, 0) is 6.54 Å². The minimum Gasteiger partial charge on any atom is -0.420 e. The molecule has 7 rings (SSSR count). The third-order valence-corrected chi connectivity index (χ3v) is 10.5. The number of carbonyl (C=O) groups is 2. The molecule has 0 saturated carbocycles. The molecule has 7 aromatic rings. The first-order valence-electron chi connectivity index (χ1n) is 18.5. The fourth-order valence-electron chi connectivity index (χ4n) is 7.09. The van der Waals surface area contributed by atoms with Crippen LogP contribution in [-0.4, -0.2) is 22.9 Å². The van der Waals surface area contributed by atoms with Gasteiger partial charge in [0.2, 0.25) is 24.2 Å². The Morgan fingerprint density at radius 1 is 0.457 bits per heavy atom. The minimum atomic E-state index is -7.22. The fourth-order valence-corrected chi connectivity index (χ4v) is 7.29. The van der Waals surface area contributed by atoms with Gasteiger partial charge in [-0.15, -0.1) is 34.5 Å². The molecule has 0 unspecified atom stereocenters. The van der Waals surface area contributed by atoms with Crippen LogP contribution in [0.4, 0.5) is 87.8 Å². The first kappa shape index (κ1) is 51.9. The van der Waals surface area contributed by atoms with Crippen molar-refractivity contribution in [3.63, 3.8) is 0 Å². The average molecular weight is 1030 g/mol. The zero-order valence-corrected chi connectivity index (χ0v) is 34.2. The molecule has 0 aliphatic rings. The monoisotopic (exact) mass is 1030 g/mol. The second kappa shape index (κ2) is 19.9. The molecule has 364 valence electrons. The molecule has 5 nitrogen and oxygen atoms in total. The van der Waals surface area contributed by atoms with Gasteiger partial charge >= 0.3 is 5.97 Å². The van der Waals surface area contributed by atoms with E-state index in [-0.39, 0.29) is 18.0 Å². The van der Waals surface area contributed by atoms with Crippen LogP contribution >= 0.6 is 12.6 Å². The van der Waals surface area contributed by atoms with Gasteiger partial charge in [0.15, 0.2) is 76.0 Å². The SMILES string of the molecule is Fc1c(F)c(F)c([B-](c2c(F)c(F)c(F)c(F)c2F)(c2c(F)c(F)c(F)c(F)c2F)c2c(F)c(F)c(F)c(F)c2F)c(F)c1F.O=C(C[n+]1ccnc(C(=O)Oc2ccccc2S)c1)c1ccccc1. The number of ketones is 1. The first-order chi connectivity index (χ1) is 32.8. The number of halogens is 20. The second-order valence-electron chi connectivity index (χ2n) is 14.1. The van der Waals surface area contributed by atoms with Gasteiger partial charge in [-0.25, -0.2) is 97.6 Å². The predicted molar refractivity (Wildman–Crippen MR) is 203 cm³/mol. The van der Waals surface area contributed by atoms with Crippen molar-refractivity contribution in [1.29, 1.82) is 0 Å². The highest BCUT2D eigenvalue weighted by atomic mass is 32.1. The average Bonchev–Trinajstić information content (AvgIpc) is 3.35. The molecule has 27 heteroatoms. The Bertz CT molecular complexity index is 2910. The lowest BCUT2D eigenvalue weighted by molar-refractivity contribution is -0.683. The van der Waals surface area contributed by atoms with Gasteiger partial charge in [0, 0.05) is 10.5 Å². The van der Waals surface area contributed by atoms with Gasteiger partial charge in [0.25, 0.3) is 0 Å². The van der Waals surface area contributed by atoms with E-state index in [4.69, 9.17) is 4.74 Å². The predicted octanol–water partition coefficient (Wildman–Crippen LogP) is 8.61. The van der Waals surface area contributed by atoms with E-state index < -0.39 is 150 Å². The number of para-hydroxylation sites is 1. The van der Waals surface area contributed by atoms with E-state index in [2.05, 4.69) is 17.6 Å². The van der Waals surface area contributed by atoms with E-state index in [0.717, 1.165) is 0 Å². The number of esters is 1. The summed E-state index contributed by atoms with van der Waals surface area (Å²) in [4.78, 5) is 29.1. The Labute approximate surface area is 381 Å². The van der Waals surface area contributed by atoms with Gasteiger partial charge < -0.3 is 4.74 Å². The summed E-state index contributed by atoms with van der Waals surface area (Å²) >= 11 is 4.24. The number of aromatic nitrogens is 2. The highest BCUT2D eigenvalue weighted by molar-refractivity contribution is 7.80. The van der Waals surface area contributed by atoms with E-state index >= 15 is 35.1 Å². The fraction of sp³-hybridized carbons (Fsp3) is 0.0233. The third kappa shape index (κ3) is 8.65. The van der Waals surface area contributed by atoms with Gasteiger partial charge in [0.1, 0.15) is 58.4 Å². The lowest BCUT2D eigenvalue weighted by atomic mass is 9.12. The summed E-state index contributed by atoms with van der Waals surface area (Å²) < 4.78 is 301. The van der Waals surface area contributed by atoms with Crippen LogP contribution in [0.25, 0.3) is 0 Å². The number of nitrogens with zero attached hydrogens (tertiary/aromatic N) is 2. The largest absolute Gasteiger partial charge is 0.420 e. The summed E-state index contributed by atoms with van der Waals surface area (Å²) in [5.41, 5.74) is -13.6. The van der Waals surface area contributed by atoms with Crippen molar-refractivity contribution in [3.8, 4) is 5.75 Å².